The summed E-state index contributed by atoms with van der Waals surface area (Å²) in [5, 5.41) is 11.8. The van der Waals surface area contributed by atoms with Gasteiger partial charge in [0, 0.05) is 39.0 Å². The van der Waals surface area contributed by atoms with Gasteiger partial charge in [-0.3, -0.25) is 9.69 Å². The van der Waals surface area contributed by atoms with Gasteiger partial charge in [0.25, 0.3) is 0 Å². The molecule has 0 bridgehead atoms. The highest BCUT2D eigenvalue weighted by atomic mass is 16.5. The first-order valence-corrected chi connectivity index (χ1v) is 8.45. The van der Waals surface area contributed by atoms with Crippen LogP contribution in [0, 0.1) is 0 Å². The number of nitrogens with zero attached hydrogens (tertiary/aromatic N) is 4. The van der Waals surface area contributed by atoms with Crippen LogP contribution >= 0.6 is 0 Å². The van der Waals surface area contributed by atoms with Crippen LogP contribution in [0.15, 0.2) is 0 Å². The molecule has 1 amide bonds. The van der Waals surface area contributed by atoms with Crippen molar-refractivity contribution in [2.24, 2.45) is 7.05 Å². The fraction of sp³-hybridized carbons (Fsp3) is 0.812. The molecule has 2 heterocycles. The summed E-state index contributed by atoms with van der Waals surface area (Å²) in [6.07, 6.45) is 2.43. The number of morpholine rings is 1. The van der Waals surface area contributed by atoms with E-state index in [-0.39, 0.29) is 18.1 Å². The highest BCUT2D eigenvalue weighted by molar-refractivity contribution is 5.73. The van der Waals surface area contributed by atoms with Crippen molar-refractivity contribution in [3.63, 3.8) is 0 Å². The quantitative estimate of drug-likeness (QED) is 0.888. The smallest absolute Gasteiger partial charge is 0.217 e. The summed E-state index contributed by atoms with van der Waals surface area (Å²) in [5.41, 5.74) is 0. The average Bonchev–Trinajstić information content (AvgIpc) is 2.74. The molecule has 23 heavy (non-hydrogen) atoms. The number of carbonyl (C=O) groups is 1. The topological polar surface area (TPSA) is 72.3 Å². The van der Waals surface area contributed by atoms with Crippen molar-refractivity contribution in [3.05, 3.63) is 11.6 Å². The van der Waals surface area contributed by atoms with Gasteiger partial charge in [0.05, 0.1) is 18.8 Å². The van der Waals surface area contributed by atoms with Gasteiger partial charge in [0.2, 0.25) is 5.91 Å². The van der Waals surface area contributed by atoms with E-state index in [1.54, 1.807) is 6.92 Å². The van der Waals surface area contributed by atoms with E-state index in [0.29, 0.717) is 12.0 Å². The predicted molar refractivity (Wildman–Crippen MR) is 85.9 cm³/mol. The Kier molecular flexibility index (Phi) is 4.68. The van der Waals surface area contributed by atoms with Crippen LogP contribution in [0.4, 0.5) is 0 Å². The maximum Gasteiger partial charge on any atom is 0.217 e. The number of hydrogen-bond acceptors (Lipinski definition) is 5. The number of rotatable bonds is 4. The molecular weight excluding hydrogens is 294 g/mol. The number of aromatic nitrogens is 3. The van der Waals surface area contributed by atoms with Gasteiger partial charge in [0.15, 0.2) is 0 Å². The molecule has 0 unspecified atom stereocenters. The average molecular weight is 321 g/mol. The number of nitrogens with one attached hydrogen (secondary N) is 1. The van der Waals surface area contributed by atoms with Gasteiger partial charge in [-0.1, -0.05) is 0 Å². The number of hydrogen-bond donors (Lipinski definition) is 1. The lowest BCUT2D eigenvalue weighted by Crippen LogP contribution is -2.45. The fourth-order valence-corrected chi connectivity index (χ4v) is 3.72. The van der Waals surface area contributed by atoms with E-state index in [4.69, 9.17) is 4.74 Å². The molecule has 2 atom stereocenters. The Morgan fingerprint density at radius 1 is 1.26 bits per heavy atom. The van der Waals surface area contributed by atoms with E-state index >= 15 is 0 Å². The van der Waals surface area contributed by atoms with Gasteiger partial charge < -0.3 is 14.6 Å². The third-order valence-corrected chi connectivity index (χ3v) is 4.77. The minimum atomic E-state index is 0.0441. The first-order chi connectivity index (χ1) is 10.9. The van der Waals surface area contributed by atoms with E-state index in [1.807, 2.05) is 7.05 Å². The third-order valence-electron chi connectivity index (χ3n) is 4.77. The van der Waals surface area contributed by atoms with Crippen molar-refractivity contribution in [2.75, 3.05) is 13.1 Å². The zero-order valence-corrected chi connectivity index (χ0v) is 14.5. The zero-order valence-electron chi connectivity index (χ0n) is 14.5. The number of ether oxygens (including phenoxy) is 1. The van der Waals surface area contributed by atoms with Crippen molar-refractivity contribution in [2.45, 2.75) is 64.3 Å². The van der Waals surface area contributed by atoms with E-state index in [2.05, 4.69) is 38.8 Å². The molecule has 2 aliphatic rings. The molecule has 0 aromatic carbocycles. The number of amides is 1. The van der Waals surface area contributed by atoms with Crippen LogP contribution in [0.1, 0.15) is 51.2 Å². The molecule has 3 rings (SSSR count). The first kappa shape index (κ1) is 16.4. The minimum absolute atomic E-state index is 0.0441. The van der Waals surface area contributed by atoms with Crippen molar-refractivity contribution in [1.29, 1.82) is 0 Å². The Balaban J connectivity index is 1.58. The molecule has 2 fully saturated rings. The molecule has 1 saturated heterocycles. The number of carbonyl (C=O) groups excluding carboxylic acids is 1. The molecule has 7 nitrogen and oxygen atoms in total. The predicted octanol–water partition coefficient (Wildman–Crippen LogP) is 0.806. The van der Waals surface area contributed by atoms with Gasteiger partial charge in [-0.15, -0.1) is 10.2 Å². The Morgan fingerprint density at radius 2 is 1.91 bits per heavy atom. The summed E-state index contributed by atoms with van der Waals surface area (Å²) in [6, 6.07) is 0.290. The maximum absolute atomic E-state index is 11.1. The van der Waals surface area contributed by atoms with Crippen LogP contribution in [-0.2, 0) is 23.1 Å². The third kappa shape index (κ3) is 3.72. The molecule has 1 aromatic heterocycles. The molecule has 1 aliphatic carbocycles. The van der Waals surface area contributed by atoms with Crippen LogP contribution < -0.4 is 5.32 Å². The zero-order chi connectivity index (χ0) is 16.6. The summed E-state index contributed by atoms with van der Waals surface area (Å²) in [5.74, 6) is 2.49. The highest BCUT2D eigenvalue weighted by Crippen LogP contribution is 2.35. The second-order valence-electron chi connectivity index (χ2n) is 7.05. The monoisotopic (exact) mass is 321 g/mol. The van der Waals surface area contributed by atoms with Gasteiger partial charge >= 0.3 is 0 Å². The lowest BCUT2D eigenvalue weighted by molar-refractivity contribution is -0.120. The Labute approximate surface area is 137 Å². The van der Waals surface area contributed by atoms with Crippen molar-refractivity contribution in [1.82, 2.24) is 25.0 Å². The molecule has 0 spiro atoms. The molecule has 1 N–H and O–H groups in total. The van der Waals surface area contributed by atoms with Crippen LogP contribution in [0.25, 0.3) is 0 Å². The summed E-state index contributed by atoms with van der Waals surface area (Å²) in [7, 11) is 2.05. The van der Waals surface area contributed by atoms with Crippen LogP contribution in [-0.4, -0.2) is 56.9 Å². The second-order valence-corrected chi connectivity index (χ2v) is 7.05. The molecule has 1 aliphatic heterocycles. The summed E-state index contributed by atoms with van der Waals surface area (Å²) in [4.78, 5) is 13.5. The van der Waals surface area contributed by atoms with Gasteiger partial charge in [-0.05, 0) is 26.7 Å². The molecule has 7 heteroatoms. The van der Waals surface area contributed by atoms with Gasteiger partial charge in [0.1, 0.15) is 11.6 Å². The summed E-state index contributed by atoms with van der Waals surface area (Å²) >= 11 is 0. The van der Waals surface area contributed by atoms with Crippen LogP contribution in [0.2, 0.25) is 0 Å². The van der Waals surface area contributed by atoms with Crippen molar-refractivity contribution in [3.8, 4) is 0 Å². The molecule has 1 aromatic rings. The lowest BCUT2D eigenvalue weighted by Gasteiger charge is -2.35. The lowest BCUT2D eigenvalue weighted by atomic mass is 9.79. The molecular formula is C16H27N5O2. The standard InChI is InChI=1S/C16H27N5O2/c1-10-7-21(8-11(2)23-10)9-15-18-19-16(20(15)4)13-5-14(6-13)17-12(3)22/h10-11,13-14H,5-9H2,1-4H3,(H,17,22)/t10-,11+,13?,14?. The largest absolute Gasteiger partial charge is 0.373 e. The Morgan fingerprint density at radius 3 is 2.52 bits per heavy atom. The highest BCUT2D eigenvalue weighted by Gasteiger charge is 2.34. The van der Waals surface area contributed by atoms with E-state index < -0.39 is 0 Å². The van der Waals surface area contributed by atoms with Crippen LogP contribution in [0.5, 0.6) is 0 Å². The Bertz CT molecular complexity index is 557. The molecule has 0 radical (unpaired) electrons. The van der Waals surface area contributed by atoms with Crippen molar-refractivity contribution >= 4 is 5.91 Å². The minimum Gasteiger partial charge on any atom is -0.373 e. The van der Waals surface area contributed by atoms with Crippen LogP contribution in [0.3, 0.4) is 0 Å². The first-order valence-electron chi connectivity index (χ1n) is 8.45. The second kappa shape index (κ2) is 6.57. The molecule has 1 saturated carbocycles. The maximum atomic E-state index is 11.1. The van der Waals surface area contributed by atoms with E-state index in [1.165, 1.54) is 0 Å². The SMILES string of the molecule is CC(=O)NC1CC(c2nnc(CN3C[C@@H](C)O[C@@H](C)C3)n2C)C1. The normalized spacial score (nSPS) is 31.7. The van der Waals surface area contributed by atoms with E-state index in [9.17, 15) is 4.79 Å². The van der Waals surface area contributed by atoms with Crippen molar-refractivity contribution < 1.29 is 9.53 Å². The van der Waals surface area contributed by atoms with E-state index in [0.717, 1.165) is 44.1 Å². The van der Waals surface area contributed by atoms with Gasteiger partial charge in [-0.2, -0.15) is 0 Å². The Hall–Kier alpha value is -1.47. The fourth-order valence-electron chi connectivity index (χ4n) is 3.72. The summed E-state index contributed by atoms with van der Waals surface area (Å²) < 4.78 is 7.90. The summed E-state index contributed by atoms with van der Waals surface area (Å²) in [6.45, 7) is 8.46. The van der Waals surface area contributed by atoms with Gasteiger partial charge in [-0.25, -0.2) is 0 Å². The molecule has 128 valence electrons.